The molecule has 3 aliphatic rings. The molecule has 2 aliphatic heterocycles. The van der Waals surface area contributed by atoms with Crippen molar-refractivity contribution in [2.24, 2.45) is 5.41 Å². The Labute approximate surface area is 186 Å². The zero-order chi connectivity index (χ0) is 22.6. The number of rotatable bonds is 8. The Kier molecular flexibility index (Phi) is 7.95. The zero-order valence-electron chi connectivity index (χ0n) is 19.7. The molecule has 172 valence electrons. The van der Waals surface area contributed by atoms with Crippen LogP contribution in [0, 0.1) is 5.41 Å². The third-order valence-electron chi connectivity index (χ3n) is 6.95. The lowest BCUT2D eigenvalue weighted by Crippen LogP contribution is -2.33. The highest BCUT2D eigenvalue weighted by Gasteiger charge is 2.35. The number of hydrogen-bond acceptors (Lipinski definition) is 5. The van der Waals surface area contributed by atoms with Crippen LogP contribution in [0.5, 0.6) is 0 Å². The topological polar surface area (TPSA) is 65.0 Å². The fraction of sp³-hybridized carbons (Fsp3) is 0.654. The summed E-state index contributed by atoms with van der Waals surface area (Å²) < 4.78 is 16.3. The van der Waals surface area contributed by atoms with Crippen LogP contribution in [-0.2, 0) is 19.0 Å². The van der Waals surface area contributed by atoms with Gasteiger partial charge in [-0.2, -0.15) is 0 Å². The molecule has 5 heteroatoms. The van der Waals surface area contributed by atoms with Crippen LogP contribution in [0.3, 0.4) is 0 Å². The molecule has 0 amide bonds. The summed E-state index contributed by atoms with van der Waals surface area (Å²) in [7, 11) is 1.62. The van der Waals surface area contributed by atoms with E-state index < -0.39 is 24.7 Å². The van der Waals surface area contributed by atoms with Crippen LogP contribution in [-0.4, -0.2) is 36.9 Å². The number of carbonyl (C=O) groups excluding carboxylic acids is 1. The molecule has 2 heterocycles. The minimum atomic E-state index is -1.22. The van der Waals surface area contributed by atoms with E-state index >= 15 is 0 Å². The maximum absolute atomic E-state index is 11.4. The lowest BCUT2D eigenvalue weighted by molar-refractivity contribution is -0.157. The molecule has 5 nitrogen and oxygen atoms in total. The first kappa shape index (κ1) is 24.0. The summed E-state index contributed by atoms with van der Waals surface area (Å²) in [6.45, 7) is 9.32. The van der Waals surface area contributed by atoms with Gasteiger partial charge in [-0.15, -0.1) is 0 Å². The van der Waals surface area contributed by atoms with E-state index in [2.05, 4.69) is 39.8 Å². The molecule has 31 heavy (non-hydrogen) atoms. The molecule has 1 N–H and O–H groups in total. The van der Waals surface area contributed by atoms with E-state index in [-0.39, 0.29) is 0 Å². The molecule has 0 bridgehead atoms. The quantitative estimate of drug-likeness (QED) is 0.406. The number of aliphatic hydroxyl groups is 1. The second kappa shape index (κ2) is 10.3. The molecule has 0 saturated heterocycles. The number of hydrogen-bond donors (Lipinski definition) is 1. The molecule has 1 unspecified atom stereocenters. The van der Waals surface area contributed by atoms with E-state index in [4.69, 9.17) is 14.2 Å². The van der Waals surface area contributed by atoms with Gasteiger partial charge in [0.05, 0.1) is 6.10 Å². The number of carbonyl (C=O) groups is 1. The monoisotopic (exact) mass is 430 g/mol. The Morgan fingerprint density at radius 2 is 2.13 bits per heavy atom. The average Bonchev–Trinajstić information content (AvgIpc) is 3.05. The van der Waals surface area contributed by atoms with E-state index in [1.165, 1.54) is 30.9 Å². The number of cyclic esters (lactones) is 1. The van der Waals surface area contributed by atoms with Gasteiger partial charge in [0.1, 0.15) is 0 Å². The predicted molar refractivity (Wildman–Crippen MR) is 121 cm³/mol. The lowest BCUT2D eigenvalue weighted by Gasteiger charge is -2.35. The summed E-state index contributed by atoms with van der Waals surface area (Å²) in [5.74, 6) is -0.530. The van der Waals surface area contributed by atoms with Gasteiger partial charge in [-0.1, -0.05) is 42.7 Å². The highest BCUT2D eigenvalue weighted by atomic mass is 16.7. The Morgan fingerprint density at radius 1 is 1.35 bits per heavy atom. The van der Waals surface area contributed by atoms with Gasteiger partial charge in [0, 0.05) is 18.8 Å². The van der Waals surface area contributed by atoms with Crippen LogP contribution in [0.2, 0.25) is 0 Å². The fourth-order valence-electron chi connectivity index (χ4n) is 5.10. The van der Waals surface area contributed by atoms with Crippen molar-refractivity contribution >= 4 is 5.97 Å². The van der Waals surface area contributed by atoms with Crippen molar-refractivity contribution in [3.63, 3.8) is 0 Å². The van der Waals surface area contributed by atoms with Crippen molar-refractivity contribution in [2.75, 3.05) is 7.11 Å². The first-order chi connectivity index (χ1) is 14.7. The molecule has 0 spiro atoms. The van der Waals surface area contributed by atoms with Crippen LogP contribution in [0.15, 0.2) is 46.1 Å². The summed E-state index contributed by atoms with van der Waals surface area (Å²) in [4.78, 5) is 11.4. The smallest absolute Gasteiger partial charge is 0.333 e. The highest BCUT2D eigenvalue weighted by Crippen LogP contribution is 2.42. The van der Waals surface area contributed by atoms with Crippen LogP contribution >= 0.6 is 0 Å². The van der Waals surface area contributed by atoms with Gasteiger partial charge in [0.25, 0.3) is 0 Å². The van der Waals surface area contributed by atoms with Crippen molar-refractivity contribution in [2.45, 2.75) is 97.7 Å². The summed E-state index contributed by atoms with van der Waals surface area (Å²) in [5.41, 5.74) is 6.60. The second-order valence-electron chi connectivity index (χ2n) is 9.73. The number of methoxy groups -OCH3 is 1. The molecule has 0 radical (unpaired) electrons. The molecule has 1 aliphatic carbocycles. The maximum atomic E-state index is 11.4. The molecule has 3 atom stereocenters. The number of esters is 1. The Morgan fingerprint density at radius 3 is 2.77 bits per heavy atom. The van der Waals surface area contributed by atoms with Gasteiger partial charge >= 0.3 is 5.97 Å². The van der Waals surface area contributed by atoms with E-state index in [0.29, 0.717) is 17.4 Å². The van der Waals surface area contributed by atoms with Crippen molar-refractivity contribution < 1.29 is 24.1 Å². The average molecular weight is 431 g/mol. The van der Waals surface area contributed by atoms with Gasteiger partial charge < -0.3 is 19.3 Å². The Balaban J connectivity index is 1.52. The normalized spacial score (nSPS) is 29.0. The van der Waals surface area contributed by atoms with Crippen molar-refractivity contribution in [3.8, 4) is 0 Å². The number of ether oxygens (including phenoxy) is 3. The minimum Gasteiger partial charge on any atom is -0.429 e. The van der Waals surface area contributed by atoms with Gasteiger partial charge in [-0.25, -0.2) is 4.79 Å². The first-order valence-corrected chi connectivity index (χ1v) is 11.5. The summed E-state index contributed by atoms with van der Waals surface area (Å²) >= 11 is 0. The van der Waals surface area contributed by atoms with E-state index in [1.54, 1.807) is 18.3 Å². The SMILES string of the molecule is CO[C@@H]1O[C@@H](C2=CC(=O)OC2O)CC=C1CC/C=C(\C)CCC1=C(C)CCCC1(C)C. The summed E-state index contributed by atoms with van der Waals surface area (Å²) in [6.07, 6.45) is 12.2. The third-order valence-corrected chi connectivity index (χ3v) is 6.95. The molecular weight excluding hydrogens is 392 g/mol. The molecule has 0 fully saturated rings. The molecule has 0 aromatic heterocycles. The van der Waals surface area contributed by atoms with E-state index in [0.717, 1.165) is 31.3 Å². The Bertz CT molecular complexity index is 799. The first-order valence-electron chi connectivity index (χ1n) is 11.5. The van der Waals surface area contributed by atoms with E-state index in [1.807, 2.05) is 0 Å². The van der Waals surface area contributed by atoms with Gasteiger partial charge in [-0.05, 0) is 76.2 Å². The zero-order valence-corrected chi connectivity index (χ0v) is 19.7. The predicted octanol–water partition coefficient (Wildman–Crippen LogP) is 5.51. The molecule has 0 aromatic carbocycles. The summed E-state index contributed by atoms with van der Waals surface area (Å²) in [6, 6.07) is 0. The van der Waals surface area contributed by atoms with Crippen LogP contribution in [0.4, 0.5) is 0 Å². The van der Waals surface area contributed by atoms with Crippen LogP contribution in [0.25, 0.3) is 0 Å². The molecule has 0 saturated carbocycles. The van der Waals surface area contributed by atoms with Gasteiger partial charge in [0.15, 0.2) is 6.29 Å². The van der Waals surface area contributed by atoms with Crippen molar-refractivity contribution in [3.05, 3.63) is 46.1 Å². The largest absolute Gasteiger partial charge is 0.429 e. The maximum Gasteiger partial charge on any atom is 0.333 e. The second-order valence-corrected chi connectivity index (χ2v) is 9.73. The molecule has 0 aromatic rings. The van der Waals surface area contributed by atoms with Crippen LogP contribution in [0.1, 0.15) is 79.1 Å². The molecular formula is C26H38O5. The standard InChI is InChI=1S/C26H38O5/c1-17(11-13-21-18(2)9-7-15-26(21,3)4)8-6-10-19-12-14-22(30-25(19)29-5)20-16-23(27)31-24(20)28/h8,12,16,22,24-25,28H,6-7,9-11,13-15H2,1-5H3/b17-8+/t22-,24?,25-/m1/s1. The van der Waals surface area contributed by atoms with Crippen molar-refractivity contribution in [1.82, 2.24) is 0 Å². The van der Waals surface area contributed by atoms with Gasteiger partial charge in [-0.3, -0.25) is 0 Å². The fourth-order valence-corrected chi connectivity index (χ4v) is 5.10. The third kappa shape index (κ3) is 5.97. The minimum absolute atomic E-state index is 0.340. The number of aliphatic hydroxyl groups excluding tert-OH is 1. The summed E-state index contributed by atoms with van der Waals surface area (Å²) in [5, 5.41) is 9.87. The van der Waals surface area contributed by atoms with Crippen molar-refractivity contribution in [1.29, 1.82) is 0 Å². The Hall–Kier alpha value is -1.69. The lowest BCUT2D eigenvalue weighted by atomic mass is 9.71. The van der Waals surface area contributed by atoms with Gasteiger partial charge in [0.2, 0.25) is 6.29 Å². The number of allylic oxidation sites excluding steroid dienone is 4. The highest BCUT2D eigenvalue weighted by molar-refractivity contribution is 5.85. The van der Waals surface area contributed by atoms with E-state index in [9.17, 15) is 9.90 Å². The van der Waals surface area contributed by atoms with Crippen LogP contribution < -0.4 is 0 Å². The molecule has 3 rings (SSSR count).